The van der Waals surface area contributed by atoms with Crippen molar-refractivity contribution in [3.05, 3.63) is 0 Å². The Kier molecular flexibility index (Phi) is 2.87. The zero-order chi connectivity index (χ0) is 9.97. The lowest BCUT2D eigenvalue weighted by Crippen LogP contribution is -1.99. The van der Waals surface area contributed by atoms with Gasteiger partial charge >= 0.3 is 5.97 Å². The first-order chi connectivity index (χ1) is 6.74. The van der Waals surface area contributed by atoms with Crippen LogP contribution in [-0.2, 0) is 4.79 Å². The summed E-state index contributed by atoms with van der Waals surface area (Å²) >= 11 is 2.61. The smallest absolute Gasteiger partial charge is 0.313 e. The number of carbonyl (C=O) groups is 1. The molecule has 0 spiro atoms. The van der Waals surface area contributed by atoms with Crippen molar-refractivity contribution in [2.45, 2.75) is 23.2 Å². The molecule has 1 heterocycles. The third-order valence-corrected chi connectivity index (χ3v) is 3.60. The van der Waals surface area contributed by atoms with Gasteiger partial charge in [-0.15, -0.1) is 10.2 Å². The molecule has 7 heteroatoms. The number of hydrogen-bond acceptors (Lipinski definition) is 6. The summed E-state index contributed by atoms with van der Waals surface area (Å²) < 4.78 is 0.704. The van der Waals surface area contributed by atoms with Gasteiger partial charge in [-0.2, -0.15) is 0 Å². The van der Waals surface area contributed by atoms with Gasteiger partial charge < -0.3 is 10.4 Å². The van der Waals surface area contributed by atoms with Gasteiger partial charge in [0.15, 0.2) is 4.34 Å². The van der Waals surface area contributed by atoms with Crippen LogP contribution in [0.4, 0.5) is 5.13 Å². The van der Waals surface area contributed by atoms with Gasteiger partial charge in [0.25, 0.3) is 0 Å². The van der Waals surface area contributed by atoms with E-state index >= 15 is 0 Å². The van der Waals surface area contributed by atoms with E-state index in [0.29, 0.717) is 10.4 Å². The predicted molar refractivity (Wildman–Crippen MR) is 54.9 cm³/mol. The fraction of sp³-hybridized carbons (Fsp3) is 0.571. The average Bonchev–Trinajstić information content (AvgIpc) is 2.81. The van der Waals surface area contributed by atoms with E-state index in [-0.39, 0.29) is 5.75 Å². The maximum absolute atomic E-state index is 10.3. The molecule has 1 saturated carbocycles. The molecule has 0 amide bonds. The number of thioether (sulfide) groups is 1. The first kappa shape index (κ1) is 9.72. The Labute approximate surface area is 88.9 Å². The molecule has 1 aliphatic carbocycles. The van der Waals surface area contributed by atoms with Crippen LogP contribution in [0.25, 0.3) is 0 Å². The average molecular weight is 231 g/mol. The maximum Gasteiger partial charge on any atom is 0.313 e. The Balaban J connectivity index is 1.85. The van der Waals surface area contributed by atoms with E-state index < -0.39 is 5.97 Å². The molecule has 1 fully saturated rings. The Morgan fingerprint density at radius 3 is 3.07 bits per heavy atom. The Morgan fingerprint density at radius 1 is 1.64 bits per heavy atom. The molecule has 0 aliphatic heterocycles. The highest BCUT2D eigenvalue weighted by Crippen LogP contribution is 2.29. The van der Waals surface area contributed by atoms with Crippen LogP contribution in [0.5, 0.6) is 0 Å². The van der Waals surface area contributed by atoms with Crippen molar-refractivity contribution >= 4 is 34.2 Å². The predicted octanol–water partition coefficient (Wildman–Crippen LogP) is 1.29. The summed E-state index contributed by atoms with van der Waals surface area (Å²) in [6.45, 7) is 0. The summed E-state index contributed by atoms with van der Waals surface area (Å²) in [7, 11) is 0. The first-order valence-corrected chi connectivity index (χ1v) is 5.99. The number of carboxylic acids is 1. The van der Waals surface area contributed by atoms with E-state index in [1.807, 2.05) is 0 Å². The number of aromatic nitrogens is 2. The number of nitrogens with one attached hydrogen (secondary N) is 1. The monoisotopic (exact) mass is 231 g/mol. The highest BCUT2D eigenvalue weighted by atomic mass is 32.2. The number of aliphatic carboxylic acids is 1. The van der Waals surface area contributed by atoms with Crippen molar-refractivity contribution < 1.29 is 9.90 Å². The van der Waals surface area contributed by atoms with Crippen molar-refractivity contribution in [1.82, 2.24) is 10.2 Å². The Morgan fingerprint density at radius 2 is 2.43 bits per heavy atom. The lowest BCUT2D eigenvalue weighted by atomic mass is 10.7. The van der Waals surface area contributed by atoms with Crippen LogP contribution in [0.1, 0.15) is 12.8 Å². The quantitative estimate of drug-likeness (QED) is 0.744. The van der Waals surface area contributed by atoms with Gasteiger partial charge in [-0.1, -0.05) is 23.1 Å². The molecule has 0 aromatic carbocycles. The highest BCUT2D eigenvalue weighted by molar-refractivity contribution is 8.01. The van der Waals surface area contributed by atoms with E-state index in [4.69, 9.17) is 5.11 Å². The van der Waals surface area contributed by atoms with Gasteiger partial charge in [-0.25, -0.2) is 0 Å². The highest BCUT2D eigenvalue weighted by Gasteiger charge is 2.22. The van der Waals surface area contributed by atoms with Crippen LogP contribution in [-0.4, -0.2) is 33.1 Å². The SMILES string of the molecule is O=C(O)CSc1nnc(NC2CC2)s1. The molecule has 0 radical (unpaired) electrons. The normalized spacial score (nSPS) is 15.4. The molecule has 0 bridgehead atoms. The molecule has 0 unspecified atom stereocenters. The molecule has 5 nitrogen and oxygen atoms in total. The summed E-state index contributed by atoms with van der Waals surface area (Å²) in [5.41, 5.74) is 0. The second-order valence-corrected chi connectivity index (χ2v) is 5.17. The zero-order valence-electron chi connectivity index (χ0n) is 7.27. The van der Waals surface area contributed by atoms with Gasteiger partial charge in [-0.3, -0.25) is 4.79 Å². The second-order valence-electron chi connectivity index (χ2n) is 2.97. The van der Waals surface area contributed by atoms with E-state index in [1.54, 1.807) is 0 Å². The second kappa shape index (κ2) is 4.14. The fourth-order valence-corrected chi connectivity index (χ4v) is 2.40. The van der Waals surface area contributed by atoms with E-state index in [0.717, 1.165) is 5.13 Å². The summed E-state index contributed by atoms with van der Waals surface area (Å²) in [6, 6.07) is 0.556. The number of rotatable bonds is 5. The first-order valence-electron chi connectivity index (χ1n) is 4.18. The largest absolute Gasteiger partial charge is 0.481 e. The molecule has 1 aromatic rings. The molecule has 2 N–H and O–H groups in total. The summed E-state index contributed by atoms with van der Waals surface area (Å²) in [5, 5.41) is 20.2. The summed E-state index contributed by atoms with van der Waals surface area (Å²) in [6.07, 6.45) is 2.38. The van der Waals surface area contributed by atoms with E-state index in [1.165, 1.54) is 35.9 Å². The minimum atomic E-state index is -0.832. The molecule has 1 aromatic heterocycles. The van der Waals surface area contributed by atoms with Crippen LogP contribution in [0.2, 0.25) is 0 Å². The minimum Gasteiger partial charge on any atom is -0.481 e. The third-order valence-electron chi connectivity index (χ3n) is 1.63. The lowest BCUT2D eigenvalue weighted by Gasteiger charge is -1.93. The van der Waals surface area contributed by atoms with Crippen LogP contribution < -0.4 is 5.32 Å². The van der Waals surface area contributed by atoms with Gasteiger partial charge in [0.1, 0.15) is 0 Å². The van der Waals surface area contributed by atoms with Crippen molar-refractivity contribution in [2.75, 3.05) is 11.1 Å². The maximum atomic E-state index is 10.3. The van der Waals surface area contributed by atoms with Crippen LogP contribution in [0, 0.1) is 0 Å². The van der Waals surface area contributed by atoms with Crippen molar-refractivity contribution in [1.29, 1.82) is 0 Å². The van der Waals surface area contributed by atoms with Crippen LogP contribution >= 0.6 is 23.1 Å². The van der Waals surface area contributed by atoms with Gasteiger partial charge in [0, 0.05) is 6.04 Å². The fourth-order valence-electron chi connectivity index (χ4n) is 0.852. The van der Waals surface area contributed by atoms with E-state index in [9.17, 15) is 4.79 Å². The summed E-state index contributed by atoms with van der Waals surface area (Å²) in [4.78, 5) is 10.3. The zero-order valence-corrected chi connectivity index (χ0v) is 8.90. The molecule has 76 valence electrons. The summed E-state index contributed by atoms with van der Waals surface area (Å²) in [5.74, 6) is -0.792. The number of nitrogens with zero attached hydrogens (tertiary/aromatic N) is 2. The lowest BCUT2D eigenvalue weighted by molar-refractivity contribution is -0.133. The molecule has 0 atom stereocenters. The number of hydrogen-bond donors (Lipinski definition) is 2. The minimum absolute atomic E-state index is 0.0397. The Hall–Kier alpha value is -0.820. The Bertz CT molecular complexity index is 337. The number of anilines is 1. The topological polar surface area (TPSA) is 75.1 Å². The third kappa shape index (κ3) is 2.85. The van der Waals surface area contributed by atoms with Crippen molar-refractivity contribution in [2.24, 2.45) is 0 Å². The van der Waals surface area contributed by atoms with Crippen LogP contribution in [0.15, 0.2) is 4.34 Å². The molecule has 1 aliphatic rings. The number of carboxylic acid groups (broad SMARTS) is 1. The van der Waals surface area contributed by atoms with Crippen molar-refractivity contribution in [3.63, 3.8) is 0 Å². The molecule has 2 rings (SSSR count). The standard InChI is InChI=1S/C7H9N3O2S2/c11-5(12)3-13-7-10-9-6(14-7)8-4-1-2-4/h4H,1-3H2,(H,8,9)(H,11,12). The molecular formula is C7H9N3O2S2. The molecular weight excluding hydrogens is 222 g/mol. The van der Waals surface area contributed by atoms with Crippen molar-refractivity contribution in [3.8, 4) is 0 Å². The molecule has 14 heavy (non-hydrogen) atoms. The van der Waals surface area contributed by atoms with E-state index in [2.05, 4.69) is 15.5 Å². The van der Waals surface area contributed by atoms with Crippen LogP contribution in [0.3, 0.4) is 0 Å². The van der Waals surface area contributed by atoms with Gasteiger partial charge in [-0.05, 0) is 12.8 Å². The van der Waals surface area contributed by atoms with Gasteiger partial charge in [0.2, 0.25) is 5.13 Å². The van der Waals surface area contributed by atoms with Gasteiger partial charge in [0.05, 0.1) is 5.75 Å². The molecule has 0 saturated heterocycles.